The first kappa shape index (κ1) is 16.7. The van der Waals surface area contributed by atoms with Gasteiger partial charge < -0.3 is 14.2 Å². The van der Waals surface area contributed by atoms with Crippen molar-refractivity contribution in [3.8, 4) is 11.5 Å². The molecule has 0 spiro atoms. The van der Waals surface area contributed by atoms with Crippen LogP contribution in [0.2, 0.25) is 0 Å². The van der Waals surface area contributed by atoms with E-state index in [9.17, 15) is 8.42 Å². The zero-order valence-corrected chi connectivity index (χ0v) is 13.2. The normalized spacial score (nSPS) is 13.1. The van der Waals surface area contributed by atoms with Gasteiger partial charge in [0.05, 0.1) is 25.7 Å². The Morgan fingerprint density at radius 2 is 1.70 bits per heavy atom. The topological polar surface area (TPSA) is 73.9 Å². The Balaban J connectivity index is 3.18. The van der Waals surface area contributed by atoms with Gasteiger partial charge in [-0.25, -0.2) is 13.1 Å². The molecule has 0 saturated heterocycles. The highest BCUT2D eigenvalue weighted by atomic mass is 32.2. The summed E-state index contributed by atoms with van der Waals surface area (Å²) in [5.74, 6) is 0.867. The summed E-state index contributed by atoms with van der Waals surface area (Å²) in [4.78, 5) is 0.165. The van der Waals surface area contributed by atoms with Crippen LogP contribution in [0.4, 0.5) is 0 Å². The molecule has 0 radical (unpaired) electrons. The van der Waals surface area contributed by atoms with E-state index in [0.29, 0.717) is 23.7 Å². The molecule has 0 saturated carbocycles. The molecule has 1 atom stereocenters. The minimum absolute atomic E-state index is 0.165. The van der Waals surface area contributed by atoms with Crippen LogP contribution >= 0.6 is 0 Å². The minimum Gasteiger partial charge on any atom is -0.493 e. The van der Waals surface area contributed by atoms with Gasteiger partial charge in [-0.2, -0.15) is 0 Å². The van der Waals surface area contributed by atoms with Gasteiger partial charge in [-0.05, 0) is 25.5 Å². The molecule has 0 bridgehead atoms. The van der Waals surface area contributed by atoms with Crippen LogP contribution in [-0.4, -0.2) is 42.4 Å². The molecule has 0 amide bonds. The molecule has 1 rings (SSSR count). The molecular weight excluding hydrogens is 282 g/mol. The van der Waals surface area contributed by atoms with Crippen LogP contribution in [0.1, 0.15) is 12.5 Å². The van der Waals surface area contributed by atoms with Crippen LogP contribution in [0, 0.1) is 6.92 Å². The standard InChI is InChI=1S/C13H21NO5S/c1-9-6-11(18-4)12(19-5)7-13(9)20(15,16)14-10(2)8-17-3/h6-7,10,14H,8H2,1-5H3. The lowest BCUT2D eigenvalue weighted by atomic mass is 10.2. The van der Waals surface area contributed by atoms with Gasteiger partial charge in [-0.1, -0.05) is 0 Å². The minimum atomic E-state index is -3.64. The lowest BCUT2D eigenvalue weighted by Gasteiger charge is -2.16. The SMILES string of the molecule is COCC(C)NS(=O)(=O)c1cc(OC)c(OC)cc1C. The summed E-state index contributed by atoms with van der Waals surface area (Å²) >= 11 is 0. The van der Waals surface area contributed by atoms with Gasteiger partial charge >= 0.3 is 0 Å². The number of rotatable bonds is 7. The van der Waals surface area contributed by atoms with Crippen LogP contribution in [0.15, 0.2) is 17.0 Å². The molecule has 0 aliphatic rings. The summed E-state index contributed by atoms with van der Waals surface area (Å²) < 4.78 is 42.4. The fourth-order valence-electron chi connectivity index (χ4n) is 1.86. The lowest BCUT2D eigenvalue weighted by molar-refractivity contribution is 0.180. The fraction of sp³-hybridized carbons (Fsp3) is 0.538. The van der Waals surface area contributed by atoms with Crippen LogP contribution in [-0.2, 0) is 14.8 Å². The quantitative estimate of drug-likeness (QED) is 0.822. The second kappa shape index (κ2) is 6.92. The average molecular weight is 303 g/mol. The van der Waals surface area contributed by atoms with Gasteiger partial charge in [0, 0.05) is 19.2 Å². The summed E-state index contributed by atoms with van der Waals surface area (Å²) in [7, 11) is 0.852. The van der Waals surface area contributed by atoms with E-state index in [1.54, 1.807) is 19.9 Å². The molecule has 7 heteroatoms. The van der Waals surface area contributed by atoms with Gasteiger partial charge in [0.1, 0.15) is 0 Å². The molecule has 1 unspecified atom stereocenters. The van der Waals surface area contributed by atoms with E-state index in [0.717, 1.165) is 0 Å². The van der Waals surface area contributed by atoms with Crippen molar-refractivity contribution < 1.29 is 22.6 Å². The first-order valence-corrected chi connectivity index (χ1v) is 7.58. The van der Waals surface area contributed by atoms with Gasteiger partial charge in [-0.3, -0.25) is 0 Å². The predicted molar refractivity (Wildman–Crippen MR) is 75.9 cm³/mol. The molecule has 20 heavy (non-hydrogen) atoms. The third kappa shape index (κ3) is 3.84. The van der Waals surface area contributed by atoms with Crippen molar-refractivity contribution in [2.24, 2.45) is 0 Å². The molecule has 6 nitrogen and oxygen atoms in total. The van der Waals surface area contributed by atoms with Gasteiger partial charge in [-0.15, -0.1) is 0 Å². The fourth-order valence-corrected chi connectivity index (χ4v) is 3.33. The van der Waals surface area contributed by atoms with Gasteiger partial charge in [0.2, 0.25) is 10.0 Å². The van der Waals surface area contributed by atoms with E-state index in [1.165, 1.54) is 27.4 Å². The summed E-state index contributed by atoms with van der Waals surface area (Å²) in [6.45, 7) is 3.74. The molecule has 114 valence electrons. The maximum Gasteiger partial charge on any atom is 0.241 e. The Bertz CT molecular complexity index is 556. The van der Waals surface area contributed by atoms with Crippen molar-refractivity contribution in [1.82, 2.24) is 4.72 Å². The largest absolute Gasteiger partial charge is 0.493 e. The molecular formula is C13H21NO5S. The van der Waals surface area contributed by atoms with Crippen LogP contribution in [0.25, 0.3) is 0 Å². The number of methoxy groups -OCH3 is 3. The van der Waals surface area contributed by atoms with E-state index in [2.05, 4.69) is 4.72 Å². The second-order valence-electron chi connectivity index (χ2n) is 4.45. The molecule has 0 heterocycles. The molecule has 0 fully saturated rings. The number of nitrogens with one attached hydrogen (secondary N) is 1. The Labute approximate surface area is 120 Å². The third-order valence-corrected chi connectivity index (χ3v) is 4.48. The molecule has 1 N–H and O–H groups in total. The number of benzene rings is 1. The smallest absolute Gasteiger partial charge is 0.241 e. The molecule has 0 aliphatic heterocycles. The van der Waals surface area contributed by atoms with Crippen molar-refractivity contribution >= 4 is 10.0 Å². The van der Waals surface area contributed by atoms with Crippen LogP contribution in [0.5, 0.6) is 11.5 Å². The van der Waals surface area contributed by atoms with Gasteiger partial charge in [0.15, 0.2) is 11.5 Å². The first-order valence-electron chi connectivity index (χ1n) is 6.09. The zero-order valence-electron chi connectivity index (χ0n) is 12.4. The van der Waals surface area contributed by atoms with Crippen molar-refractivity contribution in [3.05, 3.63) is 17.7 Å². The van der Waals surface area contributed by atoms with E-state index in [1.807, 2.05) is 0 Å². The summed E-state index contributed by atoms with van der Waals surface area (Å²) in [6.07, 6.45) is 0. The number of hydrogen-bond acceptors (Lipinski definition) is 5. The molecule has 0 aliphatic carbocycles. The Morgan fingerprint density at radius 1 is 1.15 bits per heavy atom. The summed E-state index contributed by atoms with van der Waals surface area (Å²) in [5.41, 5.74) is 0.583. The third-order valence-electron chi connectivity index (χ3n) is 2.74. The number of sulfonamides is 1. The highest BCUT2D eigenvalue weighted by Gasteiger charge is 2.22. The number of hydrogen-bond donors (Lipinski definition) is 1. The molecule has 0 aromatic heterocycles. The van der Waals surface area contributed by atoms with E-state index in [4.69, 9.17) is 14.2 Å². The average Bonchev–Trinajstić information content (AvgIpc) is 2.37. The predicted octanol–water partition coefficient (Wildman–Crippen LogP) is 1.33. The maximum atomic E-state index is 12.3. The van der Waals surface area contributed by atoms with Crippen molar-refractivity contribution in [3.63, 3.8) is 0 Å². The van der Waals surface area contributed by atoms with E-state index < -0.39 is 10.0 Å². The highest BCUT2D eigenvalue weighted by Crippen LogP contribution is 2.32. The molecule has 1 aromatic carbocycles. The maximum absolute atomic E-state index is 12.3. The van der Waals surface area contributed by atoms with E-state index >= 15 is 0 Å². The summed E-state index contributed by atoms with van der Waals surface area (Å²) in [5, 5.41) is 0. The Hall–Kier alpha value is -1.31. The number of ether oxygens (including phenoxy) is 3. The van der Waals surface area contributed by atoms with Crippen molar-refractivity contribution in [2.45, 2.75) is 24.8 Å². The van der Waals surface area contributed by atoms with Crippen molar-refractivity contribution in [2.75, 3.05) is 27.9 Å². The van der Waals surface area contributed by atoms with Crippen LogP contribution in [0.3, 0.4) is 0 Å². The number of aryl methyl sites for hydroxylation is 1. The van der Waals surface area contributed by atoms with Gasteiger partial charge in [0.25, 0.3) is 0 Å². The molecule has 1 aromatic rings. The highest BCUT2D eigenvalue weighted by molar-refractivity contribution is 7.89. The summed E-state index contributed by atoms with van der Waals surface area (Å²) in [6, 6.07) is 2.77. The Morgan fingerprint density at radius 3 is 2.20 bits per heavy atom. The first-order chi connectivity index (χ1) is 9.35. The van der Waals surface area contributed by atoms with E-state index in [-0.39, 0.29) is 10.9 Å². The van der Waals surface area contributed by atoms with Crippen LogP contribution < -0.4 is 14.2 Å². The second-order valence-corrected chi connectivity index (χ2v) is 6.13. The lowest BCUT2D eigenvalue weighted by Crippen LogP contribution is -2.35. The monoisotopic (exact) mass is 303 g/mol. The Kier molecular flexibility index (Phi) is 5.79. The van der Waals surface area contributed by atoms with Crippen molar-refractivity contribution in [1.29, 1.82) is 0 Å². The zero-order chi connectivity index (χ0) is 15.3.